The van der Waals surface area contributed by atoms with Gasteiger partial charge in [-0.1, -0.05) is 41.9 Å². The minimum absolute atomic E-state index is 0.0499. The van der Waals surface area contributed by atoms with E-state index in [2.05, 4.69) is 10.4 Å². The molecule has 0 aliphatic rings. The fourth-order valence-electron chi connectivity index (χ4n) is 4.21. The van der Waals surface area contributed by atoms with Gasteiger partial charge in [-0.2, -0.15) is 0 Å². The molecule has 3 aromatic carbocycles. The number of rotatable bonds is 11. The second-order valence-corrected chi connectivity index (χ2v) is 9.48. The van der Waals surface area contributed by atoms with Gasteiger partial charge in [0.2, 0.25) is 11.8 Å². The molecule has 4 aromatic rings. The third kappa shape index (κ3) is 7.05. The van der Waals surface area contributed by atoms with Crippen LogP contribution >= 0.6 is 11.6 Å². The van der Waals surface area contributed by atoms with Crippen LogP contribution < -0.4 is 15.6 Å². The largest absolute Gasteiger partial charge is 0.478 e. The predicted molar refractivity (Wildman–Crippen MR) is 153 cm³/mol. The minimum Gasteiger partial charge on any atom is -0.478 e. The highest BCUT2D eigenvalue weighted by Crippen LogP contribution is 2.33. The molecule has 0 spiro atoms. The number of anilines is 1. The van der Waals surface area contributed by atoms with E-state index < -0.39 is 23.5 Å². The zero-order chi connectivity index (χ0) is 29.5. The van der Waals surface area contributed by atoms with Crippen molar-refractivity contribution in [2.45, 2.75) is 19.4 Å². The van der Waals surface area contributed by atoms with Crippen molar-refractivity contribution in [3.63, 3.8) is 0 Å². The molecule has 0 radical (unpaired) electrons. The SMILES string of the molecule is CC(=O)c1ccc(Cl)cc1-c1cc(=O)n(C(Cc2ccccc2)C(=O)Nc2ccc(C(=O)O)cc2)nc1OCCO. The second-order valence-electron chi connectivity index (χ2n) is 9.04. The highest BCUT2D eigenvalue weighted by Gasteiger charge is 2.27. The lowest BCUT2D eigenvalue weighted by Crippen LogP contribution is -2.36. The van der Waals surface area contributed by atoms with Crippen LogP contribution in [0.1, 0.15) is 39.2 Å². The Balaban J connectivity index is 1.82. The molecule has 1 aromatic heterocycles. The Morgan fingerprint density at radius 1 is 1.00 bits per heavy atom. The number of hydrogen-bond acceptors (Lipinski definition) is 7. The molecule has 0 saturated heterocycles. The van der Waals surface area contributed by atoms with Crippen LogP contribution in [-0.4, -0.2) is 50.9 Å². The van der Waals surface area contributed by atoms with E-state index in [1.54, 1.807) is 30.3 Å². The molecule has 1 unspecified atom stereocenters. The van der Waals surface area contributed by atoms with E-state index in [4.69, 9.17) is 21.4 Å². The Kier molecular flexibility index (Phi) is 9.28. The first-order valence-electron chi connectivity index (χ1n) is 12.5. The molecule has 11 heteroatoms. The number of carboxylic acids is 1. The number of amides is 1. The van der Waals surface area contributed by atoms with Gasteiger partial charge in [0.25, 0.3) is 5.56 Å². The lowest BCUT2D eigenvalue weighted by Gasteiger charge is -2.21. The normalized spacial score (nSPS) is 11.5. The van der Waals surface area contributed by atoms with Crippen molar-refractivity contribution < 1.29 is 29.3 Å². The van der Waals surface area contributed by atoms with Crippen LogP contribution in [0.5, 0.6) is 5.88 Å². The van der Waals surface area contributed by atoms with Crippen molar-refractivity contribution in [3.8, 4) is 17.0 Å². The molecule has 0 fully saturated rings. The molecule has 0 aliphatic carbocycles. The summed E-state index contributed by atoms with van der Waals surface area (Å²) in [5.74, 6) is -2.05. The van der Waals surface area contributed by atoms with Crippen LogP contribution in [-0.2, 0) is 11.2 Å². The van der Waals surface area contributed by atoms with Gasteiger partial charge in [-0.25, -0.2) is 9.48 Å². The number of nitrogens with zero attached hydrogens (tertiary/aromatic N) is 2. The maximum absolute atomic E-state index is 13.6. The lowest BCUT2D eigenvalue weighted by molar-refractivity contribution is -0.119. The highest BCUT2D eigenvalue weighted by molar-refractivity contribution is 6.31. The van der Waals surface area contributed by atoms with E-state index in [0.717, 1.165) is 10.2 Å². The lowest BCUT2D eigenvalue weighted by atomic mass is 9.98. The number of aliphatic hydroxyl groups excluding tert-OH is 1. The Labute approximate surface area is 239 Å². The summed E-state index contributed by atoms with van der Waals surface area (Å²) in [5, 5.41) is 26.0. The van der Waals surface area contributed by atoms with Crippen LogP contribution in [0.15, 0.2) is 83.7 Å². The zero-order valence-electron chi connectivity index (χ0n) is 21.9. The number of carboxylic acid groups (broad SMARTS) is 1. The summed E-state index contributed by atoms with van der Waals surface area (Å²) in [6, 6.07) is 19.3. The average Bonchev–Trinajstić information content (AvgIpc) is 2.95. The van der Waals surface area contributed by atoms with Gasteiger partial charge in [0.1, 0.15) is 12.6 Å². The number of ether oxygens (including phenoxy) is 1. The molecule has 1 amide bonds. The standard InChI is InChI=1S/C30H26ClN3O7/c1-18(36)23-12-9-21(31)16-24(23)25-17-27(37)34(33-29(25)41-14-13-35)26(15-19-5-3-2-4-6-19)28(38)32-22-10-7-20(8-11-22)30(39)40/h2-12,16-17,26,35H,13-15H2,1H3,(H,32,38)(H,39,40). The summed E-state index contributed by atoms with van der Waals surface area (Å²) in [5.41, 5.74) is 1.25. The fourth-order valence-corrected chi connectivity index (χ4v) is 4.39. The Morgan fingerprint density at radius 2 is 1.71 bits per heavy atom. The smallest absolute Gasteiger partial charge is 0.335 e. The van der Waals surface area contributed by atoms with Gasteiger partial charge in [-0.15, -0.1) is 5.10 Å². The van der Waals surface area contributed by atoms with Crippen LogP contribution in [0.25, 0.3) is 11.1 Å². The molecule has 0 saturated carbocycles. The van der Waals surface area contributed by atoms with Crippen molar-refractivity contribution in [2.75, 3.05) is 18.5 Å². The first-order chi connectivity index (χ1) is 19.7. The molecule has 0 bridgehead atoms. The quantitative estimate of drug-likeness (QED) is 0.225. The van der Waals surface area contributed by atoms with Gasteiger partial charge in [0, 0.05) is 28.8 Å². The molecular weight excluding hydrogens is 550 g/mol. The molecular formula is C30H26ClN3O7. The summed E-state index contributed by atoms with van der Waals surface area (Å²) in [4.78, 5) is 50.7. The summed E-state index contributed by atoms with van der Waals surface area (Å²) in [7, 11) is 0. The van der Waals surface area contributed by atoms with Crippen LogP contribution in [0.2, 0.25) is 5.02 Å². The first kappa shape index (κ1) is 29.2. The molecule has 210 valence electrons. The maximum atomic E-state index is 13.6. The number of aliphatic hydroxyl groups is 1. The zero-order valence-corrected chi connectivity index (χ0v) is 22.7. The third-order valence-corrected chi connectivity index (χ3v) is 6.41. The van der Waals surface area contributed by atoms with Crippen LogP contribution in [0, 0.1) is 0 Å². The summed E-state index contributed by atoms with van der Waals surface area (Å²) in [6.07, 6.45) is 0.0848. The van der Waals surface area contributed by atoms with Gasteiger partial charge < -0.3 is 20.3 Å². The number of aromatic nitrogens is 2. The first-order valence-corrected chi connectivity index (χ1v) is 12.9. The van der Waals surface area contributed by atoms with E-state index in [0.29, 0.717) is 16.3 Å². The molecule has 1 atom stereocenters. The number of halogens is 1. The Morgan fingerprint density at radius 3 is 2.34 bits per heavy atom. The van der Waals surface area contributed by atoms with Crippen molar-refractivity contribution in [1.29, 1.82) is 0 Å². The predicted octanol–water partition coefficient (Wildman–Crippen LogP) is 4.26. The van der Waals surface area contributed by atoms with E-state index in [1.807, 2.05) is 6.07 Å². The highest BCUT2D eigenvalue weighted by atomic mass is 35.5. The molecule has 10 nitrogen and oxygen atoms in total. The maximum Gasteiger partial charge on any atom is 0.335 e. The number of carbonyl (C=O) groups excluding carboxylic acids is 2. The number of ketones is 1. The number of Topliss-reactive ketones (excluding diaryl/α,β-unsaturated/α-hetero) is 1. The molecule has 3 N–H and O–H groups in total. The molecule has 41 heavy (non-hydrogen) atoms. The van der Waals surface area contributed by atoms with Crippen molar-refractivity contribution >= 4 is 34.9 Å². The topological polar surface area (TPSA) is 148 Å². The van der Waals surface area contributed by atoms with E-state index in [9.17, 15) is 24.3 Å². The van der Waals surface area contributed by atoms with Gasteiger partial charge in [0.15, 0.2) is 5.78 Å². The number of hydrogen-bond donors (Lipinski definition) is 3. The van der Waals surface area contributed by atoms with Gasteiger partial charge in [-0.05, 0) is 60.5 Å². The van der Waals surface area contributed by atoms with Crippen molar-refractivity contribution in [1.82, 2.24) is 9.78 Å². The third-order valence-electron chi connectivity index (χ3n) is 6.17. The average molecular weight is 576 g/mol. The number of aromatic carboxylic acids is 1. The van der Waals surface area contributed by atoms with E-state index in [1.165, 1.54) is 49.4 Å². The molecule has 1 heterocycles. The number of benzene rings is 3. The molecule has 4 rings (SSSR count). The summed E-state index contributed by atoms with van der Waals surface area (Å²) < 4.78 is 6.67. The van der Waals surface area contributed by atoms with E-state index >= 15 is 0 Å². The van der Waals surface area contributed by atoms with Gasteiger partial charge in [0.05, 0.1) is 17.7 Å². The Bertz CT molecular complexity index is 1640. The van der Waals surface area contributed by atoms with Crippen molar-refractivity contribution in [3.05, 3.63) is 111 Å². The summed E-state index contributed by atoms with van der Waals surface area (Å²) in [6.45, 7) is 0.855. The Hall–Kier alpha value is -4.80. The number of carbonyl (C=O) groups is 3. The van der Waals surface area contributed by atoms with Gasteiger partial charge in [-0.3, -0.25) is 14.4 Å². The number of nitrogens with one attached hydrogen (secondary N) is 1. The van der Waals surface area contributed by atoms with Crippen molar-refractivity contribution in [2.24, 2.45) is 0 Å². The fraction of sp³-hybridized carbons (Fsp3) is 0.167. The second kappa shape index (κ2) is 13.0. The van der Waals surface area contributed by atoms with Crippen LogP contribution in [0.3, 0.4) is 0 Å². The molecule has 0 aliphatic heterocycles. The van der Waals surface area contributed by atoms with E-state index in [-0.39, 0.29) is 48.0 Å². The van der Waals surface area contributed by atoms with Gasteiger partial charge >= 0.3 is 5.97 Å². The monoisotopic (exact) mass is 575 g/mol. The van der Waals surface area contributed by atoms with Crippen LogP contribution in [0.4, 0.5) is 5.69 Å². The minimum atomic E-state index is -1.15. The summed E-state index contributed by atoms with van der Waals surface area (Å²) >= 11 is 6.20.